The Bertz CT molecular complexity index is 2210. The van der Waals surface area contributed by atoms with Gasteiger partial charge in [0.25, 0.3) is 0 Å². The number of aromatic nitrogens is 2. The third-order valence-corrected chi connectivity index (χ3v) is 9.39. The summed E-state index contributed by atoms with van der Waals surface area (Å²) >= 11 is 0. The minimum atomic E-state index is 0.918. The van der Waals surface area contributed by atoms with E-state index in [1.807, 2.05) is 0 Å². The van der Waals surface area contributed by atoms with Crippen LogP contribution < -0.4 is 0 Å². The van der Waals surface area contributed by atoms with Crippen molar-refractivity contribution >= 4 is 43.6 Å². The topological polar surface area (TPSA) is 9.86 Å². The second-order valence-electron chi connectivity index (χ2n) is 12.2. The highest BCUT2D eigenvalue weighted by atomic mass is 15.0. The van der Waals surface area contributed by atoms with E-state index in [0.29, 0.717) is 0 Å². The van der Waals surface area contributed by atoms with E-state index in [0.717, 1.165) is 12.8 Å². The quantitative estimate of drug-likeness (QED) is 0.183. The van der Waals surface area contributed by atoms with Crippen molar-refractivity contribution in [3.63, 3.8) is 0 Å². The van der Waals surface area contributed by atoms with E-state index < -0.39 is 0 Å². The molecule has 9 rings (SSSR count). The molecule has 0 radical (unpaired) electrons. The van der Waals surface area contributed by atoms with Gasteiger partial charge in [0.1, 0.15) is 0 Å². The van der Waals surface area contributed by atoms with Gasteiger partial charge in [0.15, 0.2) is 0 Å². The Hall–Kier alpha value is -5.86. The normalized spacial score (nSPS) is 11.7. The van der Waals surface area contributed by atoms with Gasteiger partial charge in [-0.3, -0.25) is 0 Å². The van der Waals surface area contributed by atoms with E-state index in [9.17, 15) is 0 Å². The zero-order valence-electron chi connectivity index (χ0n) is 25.5. The molecule has 0 saturated heterocycles. The van der Waals surface area contributed by atoms with Crippen LogP contribution in [0.2, 0.25) is 0 Å². The Balaban J connectivity index is 0.920. The van der Waals surface area contributed by atoms with Crippen molar-refractivity contribution < 1.29 is 0 Å². The Morgan fingerprint density at radius 1 is 0.261 bits per heavy atom. The summed E-state index contributed by atoms with van der Waals surface area (Å²) in [4.78, 5) is 0. The van der Waals surface area contributed by atoms with Gasteiger partial charge in [-0.15, -0.1) is 0 Å². The number of nitrogens with zero attached hydrogens (tertiary/aromatic N) is 2. The fourth-order valence-electron chi connectivity index (χ4n) is 7.17. The molecule has 2 heterocycles. The molecule has 0 aliphatic rings. The van der Waals surface area contributed by atoms with Gasteiger partial charge in [0.05, 0.1) is 22.1 Å². The predicted octanol–water partition coefficient (Wildman–Crippen LogP) is 11.1. The van der Waals surface area contributed by atoms with Crippen LogP contribution in [0.1, 0.15) is 22.3 Å². The molecule has 46 heavy (non-hydrogen) atoms. The molecule has 0 unspecified atom stereocenters. The van der Waals surface area contributed by atoms with Crippen molar-refractivity contribution in [3.8, 4) is 11.4 Å². The van der Waals surface area contributed by atoms with Crippen LogP contribution >= 0.6 is 0 Å². The van der Waals surface area contributed by atoms with Gasteiger partial charge in [-0.2, -0.15) is 0 Å². The molecular formula is C44H32N2. The van der Waals surface area contributed by atoms with E-state index in [1.54, 1.807) is 0 Å². The lowest BCUT2D eigenvalue weighted by Gasteiger charge is -2.10. The van der Waals surface area contributed by atoms with Crippen molar-refractivity contribution in [2.75, 3.05) is 0 Å². The second-order valence-corrected chi connectivity index (χ2v) is 12.2. The molecule has 2 aromatic heterocycles. The van der Waals surface area contributed by atoms with E-state index in [-0.39, 0.29) is 0 Å². The first-order chi connectivity index (χ1) is 22.8. The largest absolute Gasteiger partial charge is 0.309 e. The molecule has 0 aliphatic carbocycles. The Kier molecular flexibility index (Phi) is 6.31. The summed E-state index contributed by atoms with van der Waals surface area (Å²) in [5.41, 5.74) is 12.7. The summed E-state index contributed by atoms with van der Waals surface area (Å²) in [6.07, 6.45) is 1.84. The molecule has 0 bridgehead atoms. The van der Waals surface area contributed by atoms with Crippen LogP contribution in [0.25, 0.3) is 55.0 Å². The lowest BCUT2D eigenvalue weighted by molar-refractivity contribution is 1.13. The average Bonchev–Trinajstić information content (AvgIpc) is 3.63. The minimum absolute atomic E-state index is 0.918. The van der Waals surface area contributed by atoms with E-state index in [2.05, 4.69) is 179 Å². The number of hydrogen-bond donors (Lipinski definition) is 0. The van der Waals surface area contributed by atoms with E-state index in [4.69, 9.17) is 0 Å². The molecule has 0 fully saturated rings. The first-order valence-electron chi connectivity index (χ1n) is 16.0. The summed E-state index contributed by atoms with van der Waals surface area (Å²) in [6, 6.07) is 61.9. The molecule has 9 aromatic rings. The third-order valence-electron chi connectivity index (χ3n) is 9.39. The van der Waals surface area contributed by atoms with Crippen LogP contribution in [-0.2, 0) is 12.8 Å². The van der Waals surface area contributed by atoms with Crippen LogP contribution in [0, 0.1) is 0 Å². The number of hydrogen-bond acceptors (Lipinski definition) is 0. The number of fused-ring (bicyclic) bond motifs is 6. The molecular weight excluding hydrogens is 556 g/mol. The maximum Gasteiger partial charge on any atom is 0.0541 e. The summed E-state index contributed by atoms with van der Waals surface area (Å²) in [5, 5.41) is 5.17. The maximum absolute atomic E-state index is 2.37. The van der Waals surface area contributed by atoms with Crippen LogP contribution in [0.15, 0.2) is 170 Å². The standard InChI is InChI=1S/C44H32N2/c1-5-13-41-37(9-1)38-10-2-6-14-42(38)45(41)35-25-21-33(22-26-35)29-31-17-19-32(20-18-31)30-34-23-27-36(28-24-34)46-43-15-7-3-11-39(43)40-12-4-8-16-44(40)46/h1-28H,29-30H2. The highest BCUT2D eigenvalue weighted by molar-refractivity contribution is 6.10. The molecule has 0 amide bonds. The van der Waals surface area contributed by atoms with Crippen LogP contribution in [0.3, 0.4) is 0 Å². The van der Waals surface area contributed by atoms with Gasteiger partial charge in [-0.25, -0.2) is 0 Å². The summed E-state index contributed by atoms with van der Waals surface area (Å²) in [5.74, 6) is 0. The molecule has 0 aliphatic heterocycles. The predicted molar refractivity (Wildman–Crippen MR) is 194 cm³/mol. The van der Waals surface area contributed by atoms with E-state index >= 15 is 0 Å². The Labute approximate surface area is 268 Å². The molecule has 7 aromatic carbocycles. The monoisotopic (exact) mass is 588 g/mol. The third kappa shape index (κ3) is 4.50. The van der Waals surface area contributed by atoms with Gasteiger partial charge in [0, 0.05) is 32.9 Å². The molecule has 2 nitrogen and oxygen atoms in total. The lowest BCUT2D eigenvalue weighted by atomic mass is 10.00. The Morgan fingerprint density at radius 2 is 0.500 bits per heavy atom. The highest BCUT2D eigenvalue weighted by Crippen LogP contribution is 2.33. The summed E-state index contributed by atoms with van der Waals surface area (Å²) < 4.78 is 4.75. The van der Waals surface area contributed by atoms with Crippen molar-refractivity contribution in [2.24, 2.45) is 0 Å². The average molecular weight is 589 g/mol. The first kappa shape index (κ1) is 26.5. The molecule has 0 saturated carbocycles. The van der Waals surface area contributed by atoms with Crippen molar-refractivity contribution in [1.82, 2.24) is 9.13 Å². The van der Waals surface area contributed by atoms with Crippen molar-refractivity contribution in [1.29, 1.82) is 0 Å². The maximum atomic E-state index is 2.37. The van der Waals surface area contributed by atoms with Gasteiger partial charge in [0.2, 0.25) is 0 Å². The molecule has 0 N–H and O–H groups in total. The van der Waals surface area contributed by atoms with Gasteiger partial charge in [-0.1, -0.05) is 121 Å². The van der Waals surface area contributed by atoms with E-state index in [1.165, 1.54) is 77.2 Å². The number of para-hydroxylation sites is 4. The number of benzene rings is 7. The van der Waals surface area contributed by atoms with Crippen molar-refractivity contribution in [2.45, 2.75) is 12.8 Å². The summed E-state index contributed by atoms with van der Waals surface area (Å²) in [6.45, 7) is 0. The molecule has 2 heteroatoms. The first-order valence-corrected chi connectivity index (χ1v) is 16.0. The highest BCUT2D eigenvalue weighted by Gasteiger charge is 2.13. The summed E-state index contributed by atoms with van der Waals surface area (Å²) in [7, 11) is 0. The Morgan fingerprint density at radius 3 is 0.783 bits per heavy atom. The SMILES string of the molecule is c1ccc2c(c1)c1ccccc1n2-c1ccc(Cc2ccc(Cc3ccc(-n4c5ccccc5c5ccccc54)cc3)cc2)cc1. The van der Waals surface area contributed by atoms with Crippen LogP contribution in [-0.4, -0.2) is 9.13 Å². The van der Waals surface area contributed by atoms with Crippen LogP contribution in [0.5, 0.6) is 0 Å². The van der Waals surface area contributed by atoms with Gasteiger partial charge >= 0.3 is 0 Å². The molecule has 218 valence electrons. The molecule has 0 atom stereocenters. The molecule has 0 spiro atoms. The van der Waals surface area contributed by atoms with Crippen molar-refractivity contribution in [3.05, 3.63) is 192 Å². The fraction of sp³-hybridized carbons (Fsp3) is 0.0455. The van der Waals surface area contributed by atoms with Gasteiger partial charge in [-0.05, 0) is 83.6 Å². The lowest BCUT2D eigenvalue weighted by Crippen LogP contribution is -1.96. The number of rotatable bonds is 6. The minimum Gasteiger partial charge on any atom is -0.309 e. The zero-order chi connectivity index (χ0) is 30.5. The second kappa shape index (κ2) is 10.9. The van der Waals surface area contributed by atoms with Gasteiger partial charge < -0.3 is 9.13 Å². The zero-order valence-corrected chi connectivity index (χ0v) is 25.5. The smallest absolute Gasteiger partial charge is 0.0541 e. The van der Waals surface area contributed by atoms with Crippen LogP contribution in [0.4, 0.5) is 0 Å². The fourth-order valence-corrected chi connectivity index (χ4v) is 7.17.